The quantitative estimate of drug-likeness (QED) is 0.686. The summed E-state index contributed by atoms with van der Waals surface area (Å²) >= 11 is 0. The molecule has 0 bridgehead atoms. The van der Waals surface area contributed by atoms with E-state index in [0.29, 0.717) is 5.69 Å². The summed E-state index contributed by atoms with van der Waals surface area (Å²) in [5, 5.41) is 19.9. The lowest BCUT2D eigenvalue weighted by Gasteiger charge is -2.09. The monoisotopic (exact) mass is 292 g/mol. The number of rotatable bonds is 4. The van der Waals surface area contributed by atoms with Crippen molar-refractivity contribution in [2.75, 3.05) is 0 Å². The Labute approximate surface area is 117 Å². The molecule has 108 valence electrons. The maximum Gasteiger partial charge on any atom is 0.341 e. The Morgan fingerprint density at radius 2 is 2.10 bits per heavy atom. The molecule has 0 aliphatic rings. The van der Waals surface area contributed by atoms with Gasteiger partial charge in [0, 0.05) is 11.8 Å². The predicted molar refractivity (Wildman–Crippen MR) is 69.1 cm³/mol. The summed E-state index contributed by atoms with van der Waals surface area (Å²) in [5.41, 5.74) is -0.512. The first-order chi connectivity index (χ1) is 9.90. The van der Waals surface area contributed by atoms with E-state index in [1.165, 1.54) is 12.1 Å². The minimum atomic E-state index is -1.34. The van der Waals surface area contributed by atoms with E-state index in [-0.39, 0.29) is 5.56 Å². The van der Waals surface area contributed by atoms with Gasteiger partial charge in [-0.05, 0) is 25.1 Å². The third-order valence-electron chi connectivity index (χ3n) is 2.57. The molecule has 1 N–H and O–H groups in total. The number of carboxylic acids is 1. The summed E-state index contributed by atoms with van der Waals surface area (Å²) in [6, 6.07) is 5.84. The fraction of sp³-hybridized carbons (Fsp3) is 0.0769. The fourth-order valence-corrected chi connectivity index (χ4v) is 1.61. The molecule has 7 nitrogen and oxygen atoms in total. The topological polar surface area (TPSA) is 103 Å². The van der Waals surface area contributed by atoms with Gasteiger partial charge in [-0.2, -0.15) is 0 Å². The lowest BCUT2D eigenvalue weighted by Crippen LogP contribution is -2.04. The molecule has 0 aliphatic heterocycles. The summed E-state index contributed by atoms with van der Waals surface area (Å²) in [4.78, 5) is 25.0. The Balaban J connectivity index is 2.55. The Hall–Kier alpha value is -3.03. The molecule has 1 aromatic carbocycles. The number of nitro groups is 1. The smallest absolute Gasteiger partial charge is 0.341 e. The number of aryl methyl sites for hydroxylation is 1. The van der Waals surface area contributed by atoms with Gasteiger partial charge in [-0.1, -0.05) is 6.07 Å². The lowest BCUT2D eigenvalue weighted by molar-refractivity contribution is -0.385. The van der Waals surface area contributed by atoms with Crippen LogP contribution < -0.4 is 4.74 Å². The van der Waals surface area contributed by atoms with Gasteiger partial charge in [0.25, 0.3) is 0 Å². The van der Waals surface area contributed by atoms with E-state index in [0.717, 1.165) is 18.2 Å². The molecule has 21 heavy (non-hydrogen) atoms. The highest BCUT2D eigenvalue weighted by Gasteiger charge is 2.23. The maximum absolute atomic E-state index is 13.7. The minimum Gasteiger partial charge on any atom is -0.477 e. The number of pyridine rings is 1. The first kappa shape index (κ1) is 14.4. The van der Waals surface area contributed by atoms with Crippen LogP contribution in [0.1, 0.15) is 16.1 Å². The number of aromatic carboxylic acids is 1. The van der Waals surface area contributed by atoms with Crippen molar-refractivity contribution < 1.29 is 24.0 Å². The van der Waals surface area contributed by atoms with E-state index in [1.807, 2.05) is 0 Å². The third-order valence-corrected chi connectivity index (χ3v) is 2.57. The van der Waals surface area contributed by atoms with Gasteiger partial charge in [-0.25, -0.2) is 14.2 Å². The van der Waals surface area contributed by atoms with Gasteiger partial charge in [0.1, 0.15) is 5.56 Å². The van der Waals surface area contributed by atoms with Crippen LogP contribution >= 0.6 is 0 Å². The highest BCUT2D eigenvalue weighted by Crippen LogP contribution is 2.34. The highest BCUT2D eigenvalue weighted by atomic mass is 19.1. The van der Waals surface area contributed by atoms with Crippen molar-refractivity contribution in [2.45, 2.75) is 6.92 Å². The number of nitro benzene ring substituents is 1. The average Bonchev–Trinajstić information content (AvgIpc) is 2.40. The number of hydrogen-bond acceptors (Lipinski definition) is 5. The Morgan fingerprint density at radius 3 is 2.71 bits per heavy atom. The Bertz CT molecular complexity index is 732. The second-order valence-electron chi connectivity index (χ2n) is 4.06. The predicted octanol–water partition coefficient (Wildman–Crippen LogP) is 2.93. The minimum absolute atomic E-state index is 0.321. The summed E-state index contributed by atoms with van der Waals surface area (Å²) in [7, 11) is 0. The first-order valence-electron chi connectivity index (χ1n) is 5.72. The van der Waals surface area contributed by atoms with Crippen LogP contribution in [0.3, 0.4) is 0 Å². The number of aromatic nitrogens is 1. The van der Waals surface area contributed by atoms with Crippen LogP contribution in [0.4, 0.5) is 10.1 Å². The molecule has 0 saturated heterocycles. The maximum atomic E-state index is 13.7. The zero-order valence-corrected chi connectivity index (χ0v) is 10.7. The lowest BCUT2D eigenvalue weighted by atomic mass is 10.2. The molecule has 0 fully saturated rings. The number of halogens is 1. The second kappa shape index (κ2) is 5.53. The van der Waals surface area contributed by atoms with Crippen LogP contribution in [0.5, 0.6) is 11.6 Å². The number of carbonyl (C=O) groups is 1. The van der Waals surface area contributed by atoms with E-state index in [2.05, 4.69) is 4.98 Å². The number of carboxylic acid groups (broad SMARTS) is 1. The van der Waals surface area contributed by atoms with Crippen LogP contribution in [0.25, 0.3) is 0 Å². The molecular formula is C13H9FN2O5. The van der Waals surface area contributed by atoms with Gasteiger partial charge in [0.2, 0.25) is 11.6 Å². The van der Waals surface area contributed by atoms with E-state index in [1.54, 1.807) is 6.92 Å². The van der Waals surface area contributed by atoms with Crippen molar-refractivity contribution in [3.05, 3.63) is 57.5 Å². The van der Waals surface area contributed by atoms with Crippen LogP contribution in [0.2, 0.25) is 0 Å². The van der Waals surface area contributed by atoms with Gasteiger partial charge >= 0.3 is 11.7 Å². The number of benzene rings is 1. The van der Waals surface area contributed by atoms with Crippen molar-refractivity contribution in [2.24, 2.45) is 0 Å². The molecule has 2 aromatic rings. The van der Waals surface area contributed by atoms with Crippen molar-refractivity contribution >= 4 is 11.7 Å². The number of para-hydroxylation sites is 1. The molecule has 1 heterocycles. The SMILES string of the molecule is Cc1ccc(C(=O)O)c(Oc2c(F)cccc2[N+](=O)[O-])n1. The van der Waals surface area contributed by atoms with Crippen molar-refractivity contribution in [1.82, 2.24) is 4.98 Å². The molecular weight excluding hydrogens is 283 g/mol. The van der Waals surface area contributed by atoms with Crippen LogP contribution in [0, 0.1) is 22.9 Å². The molecule has 0 aliphatic carbocycles. The first-order valence-corrected chi connectivity index (χ1v) is 5.72. The summed E-state index contributed by atoms with van der Waals surface area (Å²) in [6.07, 6.45) is 0. The van der Waals surface area contributed by atoms with E-state index in [4.69, 9.17) is 9.84 Å². The largest absolute Gasteiger partial charge is 0.477 e. The molecule has 2 rings (SSSR count). The van der Waals surface area contributed by atoms with Crippen molar-refractivity contribution in [1.29, 1.82) is 0 Å². The fourth-order valence-electron chi connectivity index (χ4n) is 1.61. The molecule has 1 aromatic heterocycles. The Kier molecular flexibility index (Phi) is 3.79. The van der Waals surface area contributed by atoms with E-state index < -0.39 is 34.0 Å². The zero-order valence-electron chi connectivity index (χ0n) is 10.7. The van der Waals surface area contributed by atoms with Crippen LogP contribution in [-0.2, 0) is 0 Å². The van der Waals surface area contributed by atoms with Gasteiger partial charge < -0.3 is 9.84 Å². The van der Waals surface area contributed by atoms with Gasteiger partial charge in [0.15, 0.2) is 5.82 Å². The molecule has 0 unspecified atom stereocenters. The van der Waals surface area contributed by atoms with Crippen molar-refractivity contribution in [3.63, 3.8) is 0 Å². The molecule has 0 radical (unpaired) electrons. The van der Waals surface area contributed by atoms with Gasteiger partial charge in [0.05, 0.1) is 4.92 Å². The molecule has 0 atom stereocenters. The average molecular weight is 292 g/mol. The number of hydrogen-bond donors (Lipinski definition) is 1. The summed E-state index contributed by atoms with van der Waals surface area (Å²) < 4.78 is 18.8. The van der Waals surface area contributed by atoms with Gasteiger partial charge in [-0.3, -0.25) is 10.1 Å². The number of ether oxygens (including phenoxy) is 1. The molecule has 0 amide bonds. The van der Waals surface area contributed by atoms with E-state index in [9.17, 15) is 19.3 Å². The standard InChI is InChI=1S/C13H9FN2O5/c1-7-5-6-8(13(17)18)12(15-7)21-11-9(14)3-2-4-10(11)16(19)20/h2-6H,1H3,(H,17,18). The molecule has 0 spiro atoms. The highest BCUT2D eigenvalue weighted by molar-refractivity contribution is 5.90. The molecule has 0 saturated carbocycles. The number of nitrogens with zero attached hydrogens (tertiary/aromatic N) is 2. The van der Waals surface area contributed by atoms with Crippen LogP contribution in [0.15, 0.2) is 30.3 Å². The third kappa shape index (κ3) is 2.94. The summed E-state index contributed by atoms with van der Waals surface area (Å²) in [6.45, 7) is 1.58. The van der Waals surface area contributed by atoms with Crippen molar-refractivity contribution in [3.8, 4) is 11.6 Å². The zero-order chi connectivity index (χ0) is 15.6. The Morgan fingerprint density at radius 1 is 1.38 bits per heavy atom. The van der Waals surface area contributed by atoms with E-state index >= 15 is 0 Å². The van der Waals surface area contributed by atoms with Crippen LogP contribution in [-0.4, -0.2) is 21.0 Å². The second-order valence-corrected chi connectivity index (χ2v) is 4.06. The van der Waals surface area contributed by atoms with Gasteiger partial charge in [-0.15, -0.1) is 0 Å². The molecule has 8 heteroatoms. The normalized spacial score (nSPS) is 10.2. The summed E-state index contributed by atoms with van der Waals surface area (Å²) in [5.74, 6) is -3.40.